The van der Waals surface area contributed by atoms with Gasteiger partial charge in [0.25, 0.3) is 0 Å². The normalized spacial score (nSPS) is 20.3. The lowest BCUT2D eigenvalue weighted by atomic mass is 9.99. The van der Waals surface area contributed by atoms with E-state index in [1.807, 2.05) is 6.07 Å². The van der Waals surface area contributed by atoms with Crippen LogP contribution in [0.2, 0.25) is 0 Å². The molecular formula is C13H18N2O2. The van der Waals surface area contributed by atoms with E-state index >= 15 is 0 Å². The van der Waals surface area contributed by atoms with Crippen LogP contribution < -0.4 is 10.6 Å². The lowest BCUT2D eigenvalue weighted by Gasteiger charge is -2.33. The van der Waals surface area contributed by atoms with Crippen LogP contribution in [0.3, 0.4) is 0 Å². The van der Waals surface area contributed by atoms with E-state index in [9.17, 15) is 4.79 Å². The number of carboxylic acids is 1. The highest BCUT2D eigenvalue weighted by Crippen LogP contribution is 2.28. The summed E-state index contributed by atoms with van der Waals surface area (Å²) >= 11 is 0. The number of hydrogen-bond acceptors (Lipinski definition) is 3. The molecule has 0 bridgehead atoms. The number of hydrogen-bond donors (Lipinski definition) is 2. The fourth-order valence-electron chi connectivity index (χ4n) is 2.38. The molecule has 1 aromatic rings. The Kier molecular flexibility index (Phi) is 3.22. The van der Waals surface area contributed by atoms with Crippen molar-refractivity contribution < 1.29 is 9.90 Å². The van der Waals surface area contributed by atoms with Crippen molar-refractivity contribution in [3.05, 3.63) is 23.8 Å². The summed E-state index contributed by atoms with van der Waals surface area (Å²) in [5.74, 6) is -0.266. The zero-order chi connectivity index (χ0) is 12.4. The highest BCUT2D eigenvalue weighted by Gasteiger charge is 2.18. The molecule has 0 saturated carbocycles. The van der Waals surface area contributed by atoms with Gasteiger partial charge in [-0.25, -0.2) is 4.79 Å². The third-order valence-electron chi connectivity index (χ3n) is 3.27. The van der Waals surface area contributed by atoms with Crippen molar-refractivity contribution in [2.24, 2.45) is 5.92 Å². The lowest BCUT2D eigenvalue weighted by Crippen LogP contribution is -2.34. The summed E-state index contributed by atoms with van der Waals surface area (Å²) in [6, 6.07) is 4.97. The molecule has 3 N–H and O–H groups in total. The van der Waals surface area contributed by atoms with E-state index in [-0.39, 0.29) is 5.56 Å². The highest BCUT2D eigenvalue weighted by molar-refractivity contribution is 5.90. The van der Waals surface area contributed by atoms with Crippen LogP contribution in [0.4, 0.5) is 11.4 Å². The van der Waals surface area contributed by atoms with Gasteiger partial charge in [-0.1, -0.05) is 6.92 Å². The number of anilines is 2. The minimum absolute atomic E-state index is 0.247. The van der Waals surface area contributed by atoms with Gasteiger partial charge < -0.3 is 15.7 Å². The van der Waals surface area contributed by atoms with Crippen LogP contribution in [0.5, 0.6) is 0 Å². The zero-order valence-electron chi connectivity index (χ0n) is 10.0. The Morgan fingerprint density at radius 1 is 1.53 bits per heavy atom. The molecule has 4 heteroatoms. The summed E-state index contributed by atoms with van der Waals surface area (Å²) in [6.07, 6.45) is 2.42. The topological polar surface area (TPSA) is 66.6 Å². The van der Waals surface area contributed by atoms with Gasteiger partial charge in [0.15, 0.2) is 0 Å². The van der Waals surface area contributed by atoms with E-state index in [1.165, 1.54) is 18.9 Å². The number of nitrogens with zero attached hydrogens (tertiary/aromatic N) is 1. The van der Waals surface area contributed by atoms with Crippen molar-refractivity contribution in [1.29, 1.82) is 0 Å². The van der Waals surface area contributed by atoms with Crippen molar-refractivity contribution in [2.75, 3.05) is 23.7 Å². The predicted octanol–water partition coefficient (Wildman–Crippen LogP) is 2.20. The average Bonchev–Trinajstić information content (AvgIpc) is 2.28. The van der Waals surface area contributed by atoms with Crippen LogP contribution in [-0.4, -0.2) is 24.2 Å². The van der Waals surface area contributed by atoms with Crippen molar-refractivity contribution in [3.8, 4) is 0 Å². The summed E-state index contributed by atoms with van der Waals surface area (Å²) in [6.45, 7) is 4.23. The molecule has 1 aromatic carbocycles. The molecule has 0 amide bonds. The van der Waals surface area contributed by atoms with Gasteiger partial charge in [0.05, 0.1) is 16.9 Å². The smallest absolute Gasteiger partial charge is 0.335 e. The first kappa shape index (κ1) is 11.8. The molecule has 0 unspecified atom stereocenters. The van der Waals surface area contributed by atoms with Crippen LogP contribution >= 0.6 is 0 Å². The fourth-order valence-corrected chi connectivity index (χ4v) is 2.38. The molecule has 0 aliphatic carbocycles. The van der Waals surface area contributed by atoms with Crippen LogP contribution in [0, 0.1) is 5.92 Å². The Labute approximate surface area is 101 Å². The number of benzene rings is 1. The molecule has 2 rings (SSSR count). The van der Waals surface area contributed by atoms with Gasteiger partial charge in [-0.2, -0.15) is 0 Å². The largest absolute Gasteiger partial charge is 0.478 e. The molecule has 92 valence electrons. The van der Waals surface area contributed by atoms with E-state index in [1.54, 1.807) is 6.07 Å². The second-order valence-corrected chi connectivity index (χ2v) is 4.77. The Morgan fingerprint density at radius 2 is 2.29 bits per heavy atom. The summed E-state index contributed by atoms with van der Waals surface area (Å²) in [4.78, 5) is 13.1. The average molecular weight is 234 g/mol. The van der Waals surface area contributed by atoms with Gasteiger partial charge in [0.2, 0.25) is 0 Å². The maximum absolute atomic E-state index is 10.8. The summed E-state index contributed by atoms with van der Waals surface area (Å²) in [5, 5.41) is 8.88. The third-order valence-corrected chi connectivity index (χ3v) is 3.27. The third kappa shape index (κ3) is 2.52. The molecule has 1 aliphatic heterocycles. The first-order valence-corrected chi connectivity index (χ1v) is 5.95. The maximum atomic E-state index is 10.8. The second-order valence-electron chi connectivity index (χ2n) is 4.77. The molecule has 1 atom stereocenters. The Balaban J connectivity index is 2.23. The molecule has 17 heavy (non-hydrogen) atoms. The fraction of sp³-hybridized carbons (Fsp3) is 0.462. The molecule has 0 spiro atoms. The van der Waals surface area contributed by atoms with Gasteiger partial charge in [0, 0.05) is 13.1 Å². The van der Waals surface area contributed by atoms with E-state index in [0.29, 0.717) is 11.6 Å². The van der Waals surface area contributed by atoms with Gasteiger partial charge in [-0.05, 0) is 37.0 Å². The molecule has 4 nitrogen and oxygen atoms in total. The first-order chi connectivity index (χ1) is 8.08. The van der Waals surface area contributed by atoms with Crippen molar-refractivity contribution in [2.45, 2.75) is 19.8 Å². The number of rotatable bonds is 2. The van der Waals surface area contributed by atoms with Gasteiger partial charge in [0.1, 0.15) is 0 Å². The van der Waals surface area contributed by atoms with Crippen molar-refractivity contribution >= 4 is 17.3 Å². The minimum Gasteiger partial charge on any atom is -0.478 e. The van der Waals surface area contributed by atoms with E-state index < -0.39 is 5.97 Å². The number of piperidine rings is 1. The molecule has 1 aliphatic rings. The first-order valence-electron chi connectivity index (χ1n) is 5.95. The minimum atomic E-state index is -0.935. The maximum Gasteiger partial charge on any atom is 0.335 e. The lowest BCUT2D eigenvalue weighted by molar-refractivity contribution is 0.0697. The predicted molar refractivity (Wildman–Crippen MR) is 68.4 cm³/mol. The number of aromatic carboxylic acids is 1. The Morgan fingerprint density at radius 3 is 2.88 bits per heavy atom. The number of carboxylic acid groups (broad SMARTS) is 1. The monoisotopic (exact) mass is 234 g/mol. The van der Waals surface area contributed by atoms with Crippen LogP contribution in [0.15, 0.2) is 18.2 Å². The second kappa shape index (κ2) is 4.65. The summed E-state index contributed by atoms with van der Waals surface area (Å²) in [7, 11) is 0. The molecule has 1 fully saturated rings. The van der Waals surface area contributed by atoms with Crippen LogP contribution in [-0.2, 0) is 0 Å². The van der Waals surface area contributed by atoms with Gasteiger partial charge in [-0.15, -0.1) is 0 Å². The van der Waals surface area contributed by atoms with Crippen molar-refractivity contribution in [1.82, 2.24) is 0 Å². The van der Waals surface area contributed by atoms with Gasteiger partial charge in [-0.3, -0.25) is 0 Å². The Bertz CT molecular complexity index is 431. The number of carbonyl (C=O) groups is 1. The quantitative estimate of drug-likeness (QED) is 0.770. The van der Waals surface area contributed by atoms with Crippen LogP contribution in [0.1, 0.15) is 30.1 Å². The molecule has 0 aromatic heterocycles. The molecule has 1 heterocycles. The number of nitrogens with two attached hydrogens (primary N) is 1. The Hall–Kier alpha value is -1.71. The number of nitrogen functional groups attached to an aromatic ring is 1. The SMILES string of the molecule is C[C@@H]1CCCN(c2ccc(C(=O)O)cc2N)C1. The standard InChI is InChI=1S/C13H18N2O2/c1-9-3-2-6-15(8-9)12-5-4-10(13(16)17)7-11(12)14/h4-5,7,9H,2-3,6,8,14H2,1H3,(H,16,17)/t9-/m1/s1. The zero-order valence-corrected chi connectivity index (χ0v) is 10.0. The van der Waals surface area contributed by atoms with E-state index in [4.69, 9.17) is 10.8 Å². The molecule has 0 radical (unpaired) electrons. The van der Waals surface area contributed by atoms with E-state index in [2.05, 4.69) is 11.8 Å². The van der Waals surface area contributed by atoms with Crippen LogP contribution in [0.25, 0.3) is 0 Å². The highest BCUT2D eigenvalue weighted by atomic mass is 16.4. The van der Waals surface area contributed by atoms with Crippen molar-refractivity contribution in [3.63, 3.8) is 0 Å². The van der Waals surface area contributed by atoms with Gasteiger partial charge >= 0.3 is 5.97 Å². The summed E-state index contributed by atoms with van der Waals surface area (Å²) < 4.78 is 0. The van der Waals surface area contributed by atoms with E-state index in [0.717, 1.165) is 18.8 Å². The summed E-state index contributed by atoms with van der Waals surface area (Å²) in [5.41, 5.74) is 7.69. The molecule has 1 saturated heterocycles. The molecular weight excluding hydrogens is 216 g/mol.